The standard InChI is InChI=1S/C24H27N3OS/c28-24(25-17-22(21-13-16-29-18-21)27-14-7-8-15-27)26-23(19-9-3-1-4-10-19)20-11-5-2-6-12-20/h1-6,9-13,16,18,22-23H,7-8,14-15,17H2,(H2,25,26,28). The van der Waals surface area contributed by atoms with Crippen molar-refractivity contribution in [1.82, 2.24) is 15.5 Å². The van der Waals surface area contributed by atoms with E-state index in [1.807, 2.05) is 36.4 Å². The zero-order valence-electron chi connectivity index (χ0n) is 16.5. The molecule has 4 rings (SSSR count). The van der Waals surface area contributed by atoms with Gasteiger partial charge in [0, 0.05) is 6.54 Å². The predicted molar refractivity (Wildman–Crippen MR) is 119 cm³/mol. The molecular formula is C24H27N3OS. The van der Waals surface area contributed by atoms with Crippen LogP contribution in [0, 0.1) is 0 Å². The Kier molecular flexibility index (Phi) is 6.60. The second-order valence-corrected chi connectivity index (χ2v) is 8.20. The molecule has 1 aromatic heterocycles. The number of nitrogens with one attached hydrogen (secondary N) is 2. The van der Waals surface area contributed by atoms with Crippen LogP contribution < -0.4 is 10.6 Å². The van der Waals surface area contributed by atoms with Crippen LogP contribution in [0.1, 0.15) is 41.6 Å². The third-order valence-electron chi connectivity index (χ3n) is 5.51. The van der Waals surface area contributed by atoms with Gasteiger partial charge in [0.05, 0.1) is 12.1 Å². The van der Waals surface area contributed by atoms with Crippen molar-refractivity contribution in [1.29, 1.82) is 0 Å². The largest absolute Gasteiger partial charge is 0.336 e. The summed E-state index contributed by atoms with van der Waals surface area (Å²) in [6.07, 6.45) is 2.47. The van der Waals surface area contributed by atoms with E-state index in [0.717, 1.165) is 24.2 Å². The van der Waals surface area contributed by atoms with E-state index >= 15 is 0 Å². The smallest absolute Gasteiger partial charge is 0.315 e. The molecule has 1 unspecified atom stereocenters. The van der Waals surface area contributed by atoms with Crippen molar-refractivity contribution in [3.63, 3.8) is 0 Å². The SMILES string of the molecule is O=C(NCC(c1ccsc1)N1CCCC1)NC(c1ccccc1)c1ccccc1. The fraction of sp³-hybridized carbons (Fsp3) is 0.292. The summed E-state index contributed by atoms with van der Waals surface area (Å²) < 4.78 is 0. The zero-order chi connectivity index (χ0) is 19.9. The summed E-state index contributed by atoms with van der Waals surface area (Å²) in [7, 11) is 0. The minimum Gasteiger partial charge on any atom is -0.336 e. The van der Waals surface area contributed by atoms with Crippen LogP contribution in [0.25, 0.3) is 0 Å². The number of carbonyl (C=O) groups is 1. The molecule has 1 atom stereocenters. The van der Waals surface area contributed by atoms with E-state index in [1.165, 1.54) is 18.4 Å². The number of carbonyl (C=O) groups excluding carboxylic acids is 1. The lowest BCUT2D eigenvalue weighted by Crippen LogP contribution is -2.43. The molecule has 0 saturated carbocycles. The van der Waals surface area contributed by atoms with Gasteiger partial charge in [-0.3, -0.25) is 4.90 Å². The quantitative estimate of drug-likeness (QED) is 0.583. The van der Waals surface area contributed by atoms with Gasteiger partial charge in [0.2, 0.25) is 0 Å². The number of likely N-dealkylation sites (tertiary alicyclic amines) is 1. The van der Waals surface area contributed by atoms with Crippen LogP contribution in [0.3, 0.4) is 0 Å². The summed E-state index contributed by atoms with van der Waals surface area (Å²) in [4.78, 5) is 15.3. The molecule has 1 fully saturated rings. The van der Waals surface area contributed by atoms with E-state index in [0.29, 0.717) is 6.54 Å². The number of urea groups is 1. The maximum atomic E-state index is 12.9. The van der Waals surface area contributed by atoms with E-state index in [1.54, 1.807) is 11.3 Å². The highest BCUT2D eigenvalue weighted by Crippen LogP contribution is 2.26. The van der Waals surface area contributed by atoms with Crippen LogP contribution in [0.2, 0.25) is 0 Å². The van der Waals surface area contributed by atoms with E-state index in [9.17, 15) is 4.79 Å². The maximum Gasteiger partial charge on any atom is 0.315 e. The van der Waals surface area contributed by atoms with E-state index in [2.05, 4.69) is 56.6 Å². The first-order chi connectivity index (χ1) is 14.3. The van der Waals surface area contributed by atoms with Crippen LogP contribution >= 0.6 is 11.3 Å². The molecule has 1 aliphatic rings. The molecule has 2 amide bonds. The molecule has 0 spiro atoms. The van der Waals surface area contributed by atoms with Crippen molar-refractivity contribution in [3.8, 4) is 0 Å². The molecular weight excluding hydrogens is 378 g/mol. The van der Waals surface area contributed by atoms with Crippen LogP contribution in [-0.4, -0.2) is 30.6 Å². The minimum atomic E-state index is -0.177. The molecule has 0 bridgehead atoms. The minimum absolute atomic E-state index is 0.137. The molecule has 2 aromatic carbocycles. The topological polar surface area (TPSA) is 44.4 Å². The Hall–Kier alpha value is -2.63. The fourth-order valence-electron chi connectivity index (χ4n) is 4.00. The van der Waals surface area contributed by atoms with Crippen molar-refractivity contribution in [3.05, 3.63) is 94.2 Å². The van der Waals surface area contributed by atoms with Gasteiger partial charge in [0.15, 0.2) is 0 Å². The van der Waals surface area contributed by atoms with Crippen molar-refractivity contribution in [2.45, 2.75) is 24.9 Å². The molecule has 2 N–H and O–H groups in total. The number of hydrogen-bond donors (Lipinski definition) is 2. The van der Waals surface area contributed by atoms with Crippen LogP contribution in [-0.2, 0) is 0 Å². The molecule has 3 aromatic rings. The Bertz CT molecular complexity index is 838. The molecule has 150 valence electrons. The summed E-state index contributed by atoms with van der Waals surface area (Å²) in [5.41, 5.74) is 3.44. The molecule has 1 saturated heterocycles. The average molecular weight is 406 g/mol. The van der Waals surface area contributed by atoms with E-state index in [4.69, 9.17) is 0 Å². The molecule has 5 heteroatoms. The summed E-state index contributed by atoms with van der Waals surface area (Å²) >= 11 is 1.71. The Morgan fingerprint density at radius 3 is 2.07 bits per heavy atom. The first kappa shape index (κ1) is 19.7. The normalized spacial score (nSPS) is 15.3. The van der Waals surface area contributed by atoms with Crippen LogP contribution in [0.4, 0.5) is 4.79 Å². The van der Waals surface area contributed by atoms with Gasteiger partial charge >= 0.3 is 6.03 Å². The van der Waals surface area contributed by atoms with Gasteiger partial charge < -0.3 is 10.6 Å². The molecule has 0 radical (unpaired) electrons. The maximum absolute atomic E-state index is 12.9. The van der Waals surface area contributed by atoms with Gasteiger partial charge in [-0.2, -0.15) is 11.3 Å². The number of amides is 2. The highest BCUT2D eigenvalue weighted by molar-refractivity contribution is 7.07. The summed E-state index contributed by atoms with van der Waals surface area (Å²) in [6, 6.07) is 22.3. The van der Waals surface area contributed by atoms with E-state index < -0.39 is 0 Å². The van der Waals surface area contributed by atoms with Gasteiger partial charge in [0.1, 0.15) is 0 Å². The lowest BCUT2D eigenvalue weighted by Gasteiger charge is -2.28. The van der Waals surface area contributed by atoms with Crippen LogP contribution in [0.5, 0.6) is 0 Å². The Morgan fingerprint density at radius 1 is 0.897 bits per heavy atom. The third-order valence-corrected chi connectivity index (χ3v) is 6.21. The van der Waals surface area contributed by atoms with Crippen molar-refractivity contribution in [2.24, 2.45) is 0 Å². The van der Waals surface area contributed by atoms with Gasteiger partial charge in [-0.05, 0) is 59.4 Å². The second-order valence-electron chi connectivity index (χ2n) is 7.42. The van der Waals surface area contributed by atoms with Crippen LogP contribution in [0.15, 0.2) is 77.5 Å². The second kappa shape index (κ2) is 9.72. The first-order valence-electron chi connectivity index (χ1n) is 10.2. The third kappa shape index (κ3) is 5.05. The molecule has 1 aliphatic heterocycles. The molecule has 0 aliphatic carbocycles. The fourth-order valence-corrected chi connectivity index (χ4v) is 4.70. The van der Waals surface area contributed by atoms with Crippen molar-refractivity contribution >= 4 is 17.4 Å². The number of thiophene rings is 1. The van der Waals surface area contributed by atoms with Gasteiger partial charge in [-0.25, -0.2) is 4.79 Å². The molecule has 2 heterocycles. The monoisotopic (exact) mass is 405 g/mol. The molecule has 4 nitrogen and oxygen atoms in total. The van der Waals surface area contributed by atoms with E-state index in [-0.39, 0.29) is 18.1 Å². The zero-order valence-corrected chi connectivity index (χ0v) is 17.3. The first-order valence-corrected chi connectivity index (χ1v) is 11.2. The predicted octanol–water partition coefficient (Wildman–Crippen LogP) is 4.97. The average Bonchev–Trinajstić information content (AvgIpc) is 3.48. The lowest BCUT2D eigenvalue weighted by atomic mass is 9.99. The van der Waals surface area contributed by atoms with Crippen molar-refractivity contribution in [2.75, 3.05) is 19.6 Å². The summed E-state index contributed by atoms with van der Waals surface area (Å²) in [5.74, 6) is 0. The Labute approximate surface area is 176 Å². The van der Waals surface area contributed by atoms with Crippen molar-refractivity contribution < 1.29 is 4.79 Å². The number of nitrogens with zero attached hydrogens (tertiary/aromatic N) is 1. The molecule has 29 heavy (non-hydrogen) atoms. The van der Waals surface area contributed by atoms with Gasteiger partial charge in [0.25, 0.3) is 0 Å². The highest BCUT2D eigenvalue weighted by atomic mass is 32.1. The Morgan fingerprint density at radius 2 is 1.52 bits per heavy atom. The summed E-state index contributed by atoms with van der Waals surface area (Å²) in [5, 5.41) is 10.6. The number of rotatable bonds is 7. The lowest BCUT2D eigenvalue weighted by molar-refractivity contribution is 0.219. The highest BCUT2D eigenvalue weighted by Gasteiger charge is 2.25. The van der Waals surface area contributed by atoms with Gasteiger partial charge in [-0.1, -0.05) is 60.7 Å². The summed E-state index contributed by atoms with van der Waals surface area (Å²) in [6.45, 7) is 2.81. The number of hydrogen-bond acceptors (Lipinski definition) is 3. The Balaban J connectivity index is 1.45. The van der Waals surface area contributed by atoms with Gasteiger partial charge in [-0.15, -0.1) is 0 Å². The number of benzene rings is 2.